The van der Waals surface area contributed by atoms with Gasteiger partial charge in [-0.2, -0.15) is 0 Å². The third kappa shape index (κ3) is 3.89. The Morgan fingerprint density at radius 3 is 2.85 bits per heavy atom. The summed E-state index contributed by atoms with van der Waals surface area (Å²) in [6.45, 7) is 4.16. The van der Waals surface area contributed by atoms with E-state index in [4.69, 9.17) is 4.74 Å². The van der Waals surface area contributed by atoms with Gasteiger partial charge in [0, 0.05) is 45.6 Å². The van der Waals surface area contributed by atoms with Gasteiger partial charge < -0.3 is 10.1 Å². The minimum atomic E-state index is -3.54. The SMILES string of the molecule is CNc1ccncc1S(=O)(=O)NCCN1CCOCC1. The minimum Gasteiger partial charge on any atom is -0.387 e. The second-order valence-corrected chi connectivity index (χ2v) is 6.21. The minimum absolute atomic E-state index is 0.171. The fourth-order valence-electron chi connectivity index (χ4n) is 2.04. The molecule has 0 saturated carbocycles. The summed E-state index contributed by atoms with van der Waals surface area (Å²) in [7, 11) is -1.85. The molecule has 0 amide bonds. The number of nitrogens with zero attached hydrogens (tertiary/aromatic N) is 2. The highest BCUT2D eigenvalue weighted by molar-refractivity contribution is 7.89. The van der Waals surface area contributed by atoms with Crippen LogP contribution in [0.25, 0.3) is 0 Å². The normalized spacial score (nSPS) is 17.1. The Morgan fingerprint density at radius 2 is 2.15 bits per heavy atom. The molecule has 2 N–H and O–H groups in total. The first-order valence-corrected chi connectivity index (χ1v) is 8.03. The second-order valence-electron chi connectivity index (χ2n) is 4.47. The van der Waals surface area contributed by atoms with E-state index in [1.807, 2.05) is 0 Å². The van der Waals surface area contributed by atoms with Crippen LogP contribution in [0.1, 0.15) is 0 Å². The third-order valence-electron chi connectivity index (χ3n) is 3.17. The van der Waals surface area contributed by atoms with E-state index in [1.54, 1.807) is 19.3 Å². The Labute approximate surface area is 119 Å². The lowest BCUT2D eigenvalue weighted by Crippen LogP contribution is -2.41. The molecule has 0 spiro atoms. The van der Waals surface area contributed by atoms with Crippen LogP contribution in [0.4, 0.5) is 5.69 Å². The number of aromatic nitrogens is 1. The van der Waals surface area contributed by atoms with Crippen LogP contribution >= 0.6 is 0 Å². The lowest BCUT2D eigenvalue weighted by atomic mass is 10.4. The number of rotatable bonds is 6. The molecule has 2 rings (SSSR count). The van der Waals surface area contributed by atoms with Crippen molar-refractivity contribution in [3.63, 3.8) is 0 Å². The molecule has 1 aliphatic rings. The highest BCUT2D eigenvalue weighted by Crippen LogP contribution is 2.18. The van der Waals surface area contributed by atoms with Gasteiger partial charge in [0.05, 0.1) is 18.9 Å². The number of pyridine rings is 1. The number of morpholine rings is 1. The highest BCUT2D eigenvalue weighted by Gasteiger charge is 2.18. The molecule has 0 unspecified atom stereocenters. The van der Waals surface area contributed by atoms with E-state index < -0.39 is 10.0 Å². The predicted molar refractivity (Wildman–Crippen MR) is 76.2 cm³/mol. The zero-order valence-corrected chi connectivity index (χ0v) is 12.3. The monoisotopic (exact) mass is 300 g/mol. The summed E-state index contributed by atoms with van der Waals surface area (Å²) in [5.74, 6) is 0. The van der Waals surface area contributed by atoms with Crippen LogP contribution in [0.3, 0.4) is 0 Å². The van der Waals surface area contributed by atoms with Crippen molar-refractivity contribution in [1.82, 2.24) is 14.6 Å². The van der Waals surface area contributed by atoms with E-state index >= 15 is 0 Å². The Hall–Kier alpha value is -1.22. The third-order valence-corrected chi connectivity index (χ3v) is 4.66. The molecule has 1 aromatic rings. The fraction of sp³-hybridized carbons (Fsp3) is 0.583. The highest BCUT2D eigenvalue weighted by atomic mass is 32.2. The molecule has 1 fully saturated rings. The zero-order chi connectivity index (χ0) is 14.4. The van der Waals surface area contributed by atoms with Crippen LogP contribution in [0.5, 0.6) is 0 Å². The predicted octanol–water partition coefficient (Wildman–Crippen LogP) is -0.266. The number of nitrogens with one attached hydrogen (secondary N) is 2. The first kappa shape index (κ1) is 15.2. The van der Waals surface area contributed by atoms with Gasteiger partial charge in [0.2, 0.25) is 10.0 Å². The molecule has 8 heteroatoms. The van der Waals surface area contributed by atoms with E-state index in [0.29, 0.717) is 32.0 Å². The van der Waals surface area contributed by atoms with Gasteiger partial charge >= 0.3 is 0 Å². The molecular formula is C12H20N4O3S. The summed E-state index contributed by atoms with van der Waals surface area (Å²) in [6.07, 6.45) is 2.90. The van der Waals surface area contributed by atoms with Crippen molar-refractivity contribution < 1.29 is 13.2 Å². The summed E-state index contributed by atoms with van der Waals surface area (Å²) >= 11 is 0. The van der Waals surface area contributed by atoms with Crippen molar-refractivity contribution in [2.45, 2.75) is 4.90 Å². The number of ether oxygens (including phenoxy) is 1. The Kier molecular flexibility index (Phi) is 5.30. The van der Waals surface area contributed by atoms with Crippen molar-refractivity contribution in [2.75, 3.05) is 51.8 Å². The maximum Gasteiger partial charge on any atom is 0.244 e. The molecule has 0 radical (unpaired) electrons. The Morgan fingerprint density at radius 1 is 1.40 bits per heavy atom. The average Bonchev–Trinajstić information content (AvgIpc) is 2.48. The smallest absolute Gasteiger partial charge is 0.244 e. The van der Waals surface area contributed by atoms with Crippen LogP contribution in [0.15, 0.2) is 23.4 Å². The van der Waals surface area contributed by atoms with Crippen molar-refractivity contribution in [1.29, 1.82) is 0 Å². The average molecular weight is 300 g/mol. The van der Waals surface area contributed by atoms with Crippen molar-refractivity contribution in [3.05, 3.63) is 18.5 Å². The molecule has 2 heterocycles. The summed E-state index contributed by atoms with van der Waals surface area (Å²) in [6, 6.07) is 1.64. The maximum absolute atomic E-state index is 12.2. The van der Waals surface area contributed by atoms with Crippen molar-refractivity contribution in [2.24, 2.45) is 0 Å². The standard InChI is InChI=1S/C12H20N4O3S/c1-13-11-2-3-14-10-12(11)20(17,18)15-4-5-16-6-8-19-9-7-16/h2-3,10,15H,4-9H2,1H3,(H,13,14). The van der Waals surface area contributed by atoms with Crippen LogP contribution in [-0.4, -0.2) is 64.7 Å². The molecule has 0 atom stereocenters. The molecule has 0 bridgehead atoms. The number of sulfonamides is 1. The summed E-state index contributed by atoms with van der Waals surface area (Å²) in [5.41, 5.74) is 0.541. The van der Waals surface area contributed by atoms with Gasteiger partial charge in [0.1, 0.15) is 4.90 Å². The van der Waals surface area contributed by atoms with E-state index in [2.05, 4.69) is 19.9 Å². The van der Waals surface area contributed by atoms with Gasteiger partial charge in [-0.15, -0.1) is 0 Å². The first-order valence-electron chi connectivity index (χ1n) is 6.55. The van der Waals surface area contributed by atoms with E-state index in [-0.39, 0.29) is 4.90 Å². The quantitative estimate of drug-likeness (QED) is 0.753. The van der Waals surface area contributed by atoms with Gasteiger partial charge in [0.15, 0.2) is 0 Å². The fourth-order valence-corrected chi connectivity index (χ4v) is 3.22. The molecule has 0 aromatic carbocycles. The molecular weight excluding hydrogens is 280 g/mol. The van der Waals surface area contributed by atoms with Gasteiger partial charge in [-0.05, 0) is 6.07 Å². The van der Waals surface area contributed by atoms with Gasteiger partial charge in [-0.25, -0.2) is 13.1 Å². The van der Waals surface area contributed by atoms with Gasteiger partial charge in [-0.3, -0.25) is 9.88 Å². The lowest BCUT2D eigenvalue weighted by Gasteiger charge is -2.26. The van der Waals surface area contributed by atoms with Crippen LogP contribution in [0, 0.1) is 0 Å². The van der Waals surface area contributed by atoms with E-state index in [1.165, 1.54) is 6.20 Å². The summed E-state index contributed by atoms with van der Waals surface area (Å²) in [4.78, 5) is 6.22. The Balaban J connectivity index is 1.93. The Bertz CT molecular complexity index is 529. The van der Waals surface area contributed by atoms with Gasteiger partial charge in [0.25, 0.3) is 0 Å². The molecule has 112 valence electrons. The second kappa shape index (κ2) is 6.98. The largest absolute Gasteiger partial charge is 0.387 e. The number of hydrogen-bond acceptors (Lipinski definition) is 6. The summed E-state index contributed by atoms with van der Waals surface area (Å²) in [5, 5.41) is 2.86. The first-order chi connectivity index (χ1) is 9.63. The van der Waals surface area contributed by atoms with E-state index in [9.17, 15) is 8.42 Å². The van der Waals surface area contributed by atoms with Crippen molar-refractivity contribution in [3.8, 4) is 0 Å². The lowest BCUT2D eigenvalue weighted by molar-refractivity contribution is 0.0390. The number of hydrogen-bond donors (Lipinski definition) is 2. The summed E-state index contributed by atoms with van der Waals surface area (Å²) < 4.78 is 32.3. The molecule has 7 nitrogen and oxygen atoms in total. The molecule has 0 aliphatic carbocycles. The number of anilines is 1. The van der Waals surface area contributed by atoms with Crippen LogP contribution in [-0.2, 0) is 14.8 Å². The molecule has 20 heavy (non-hydrogen) atoms. The zero-order valence-electron chi connectivity index (χ0n) is 11.5. The maximum atomic E-state index is 12.2. The molecule has 1 saturated heterocycles. The van der Waals surface area contributed by atoms with Crippen molar-refractivity contribution >= 4 is 15.7 Å². The van der Waals surface area contributed by atoms with Crippen LogP contribution in [0.2, 0.25) is 0 Å². The molecule has 1 aliphatic heterocycles. The topological polar surface area (TPSA) is 83.6 Å². The molecule has 1 aromatic heterocycles. The van der Waals surface area contributed by atoms with E-state index in [0.717, 1.165) is 13.1 Å². The van der Waals surface area contributed by atoms with Gasteiger partial charge in [-0.1, -0.05) is 0 Å². The van der Waals surface area contributed by atoms with Crippen LogP contribution < -0.4 is 10.0 Å².